The van der Waals surface area contributed by atoms with Crippen molar-refractivity contribution in [2.45, 2.75) is 42.0 Å². The maximum Gasteiger partial charge on any atom is 0.267 e. The molecule has 0 atom stereocenters. The van der Waals surface area contributed by atoms with E-state index < -0.39 is 9.84 Å². The number of hydrogen-bond acceptors (Lipinski definition) is 5. The first-order valence-corrected chi connectivity index (χ1v) is 12.9. The molecule has 168 valence electrons. The Morgan fingerprint density at radius 3 is 2.47 bits per heavy atom. The molecule has 1 aliphatic carbocycles. The number of hydrogen-bond donors (Lipinski definition) is 1. The monoisotopic (exact) mass is 471 g/mol. The number of sulfone groups is 1. The van der Waals surface area contributed by atoms with Crippen molar-refractivity contribution in [3.63, 3.8) is 0 Å². The van der Waals surface area contributed by atoms with Gasteiger partial charge in [0.05, 0.1) is 16.6 Å². The second-order valence-electron chi connectivity index (χ2n) is 8.53. The van der Waals surface area contributed by atoms with E-state index in [1.807, 2.05) is 18.2 Å². The van der Waals surface area contributed by atoms with Gasteiger partial charge in [0.25, 0.3) is 5.56 Å². The third kappa shape index (κ3) is 4.51. The van der Waals surface area contributed by atoms with Crippen LogP contribution in [0.1, 0.15) is 37.3 Å². The highest BCUT2D eigenvalue weighted by atomic mass is 35.5. The summed E-state index contributed by atoms with van der Waals surface area (Å²) in [5, 5.41) is 5.30. The van der Waals surface area contributed by atoms with E-state index in [1.165, 1.54) is 12.3 Å². The van der Waals surface area contributed by atoms with Gasteiger partial charge in [-0.05, 0) is 61.6 Å². The van der Waals surface area contributed by atoms with Crippen LogP contribution in [0, 0.1) is 0 Å². The molecule has 4 rings (SSSR count). The van der Waals surface area contributed by atoms with Gasteiger partial charge in [-0.25, -0.2) is 13.1 Å². The van der Waals surface area contributed by atoms with Gasteiger partial charge in [-0.1, -0.05) is 35.9 Å². The molecular formula is C24H26ClN3O3S. The summed E-state index contributed by atoms with van der Waals surface area (Å²) in [5.74, 6) is 0. The Morgan fingerprint density at radius 2 is 1.81 bits per heavy atom. The number of rotatable bonds is 5. The number of halogens is 1. The Bertz CT molecular complexity index is 1300. The van der Waals surface area contributed by atoms with Crippen LogP contribution in [0.4, 0.5) is 0 Å². The largest absolute Gasteiger partial charge is 0.330 e. The zero-order valence-corrected chi connectivity index (χ0v) is 19.4. The molecule has 1 aliphatic rings. The van der Waals surface area contributed by atoms with Crippen molar-refractivity contribution in [2.75, 3.05) is 12.8 Å². The van der Waals surface area contributed by atoms with Crippen LogP contribution in [-0.4, -0.2) is 31.0 Å². The number of aromatic nitrogens is 2. The molecule has 8 heteroatoms. The molecule has 1 heterocycles. The number of benzene rings is 2. The predicted octanol–water partition coefficient (Wildman–Crippen LogP) is 3.98. The van der Waals surface area contributed by atoms with Gasteiger partial charge in [-0.2, -0.15) is 5.10 Å². The van der Waals surface area contributed by atoms with Crippen molar-refractivity contribution in [1.82, 2.24) is 9.78 Å². The normalized spacial score (nSPS) is 21.4. The lowest BCUT2D eigenvalue weighted by Crippen LogP contribution is -2.41. The zero-order valence-electron chi connectivity index (χ0n) is 17.9. The Hall–Kier alpha value is -2.48. The second kappa shape index (κ2) is 8.81. The maximum atomic E-state index is 12.6. The predicted molar refractivity (Wildman–Crippen MR) is 127 cm³/mol. The Kier molecular flexibility index (Phi) is 6.25. The van der Waals surface area contributed by atoms with Crippen molar-refractivity contribution >= 4 is 21.4 Å². The third-order valence-corrected chi connectivity index (χ3v) is 7.81. The SMILES string of the molecule is CS(=O)(=O)c1cccc(-c2ccc(=O)n([C@H]3CC[C@](CN)(c4cccc(Cl)c4)CC3)n2)c1. The van der Waals surface area contributed by atoms with E-state index >= 15 is 0 Å². The second-order valence-corrected chi connectivity index (χ2v) is 11.0. The molecule has 32 heavy (non-hydrogen) atoms. The van der Waals surface area contributed by atoms with Crippen LogP contribution >= 0.6 is 11.6 Å². The Balaban J connectivity index is 1.62. The first-order valence-electron chi connectivity index (χ1n) is 10.6. The standard InChI is InChI=1S/C24H26ClN3O3S/c1-32(30,31)21-7-2-4-17(14-21)22-8-9-23(29)28(27-22)20-10-12-24(16-26,13-11-20)18-5-3-6-19(25)15-18/h2-9,14-15,20H,10-13,16,26H2,1H3/t20-,24-. The highest BCUT2D eigenvalue weighted by Gasteiger charge is 2.37. The van der Waals surface area contributed by atoms with E-state index in [-0.39, 0.29) is 21.9 Å². The average molecular weight is 472 g/mol. The summed E-state index contributed by atoms with van der Waals surface area (Å²) in [6, 6.07) is 17.6. The van der Waals surface area contributed by atoms with Crippen LogP contribution in [0.25, 0.3) is 11.3 Å². The lowest BCUT2D eigenvalue weighted by atomic mass is 9.68. The van der Waals surface area contributed by atoms with Gasteiger partial charge >= 0.3 is 0 Å². The fourth-order valence-corrected chi connectivity index (χ4v) is 5.41. The van der Waals surface area contributed by atoms with Crippen LogP contribution in [0.3, 0.4) is 0 Å². The first-order chi connectivity index (χ1) is 15.2. The van der Waals surface area contributed by atoms with Crippen LogP contribution in [0.5, 0.6) is 0 Å². The van der Waals surface area contributed by atoms with Crippen LogP contribution in [0.2, 0.25) is 5.02 Å². The van der Waals surface area contributed by atoms with Crippen molar-refractivity contribution in [1.29, 1.82) is 0 Å². The lowest BCUT2D eigenvalue weighted by Gasteiger charge is -2.40. The van der Waals surface area contributed by atoms with E-state index in [4.69, 9.17) is 17.3 Å². The summed E-state index contributed by atoms with van der Waals surface area (Å²) >= 11 is 6.21. The van der Waals surface area contributed by atoms with E-state index in [1.54, 1.807) is 35.0 Å². The number of nitrogens with zero attached hydrogens (tertiary/aromatic N) is 2. The number of nitrogens with two attached hydrogens (primary N) is 1. The van der Waals surface area contributed by atoms with Gasteiger partial charge in [-0.15, -0.1) is 0 Å². The molecular weight excluding hydrogens is 446 g/mol. The van der Waals surface area contributed by atoms with Crippen LogP contribution < -0.4 is 11.3 Å². The van der Waals surface area contributed by atoms with Gasteiger partial charge < -0.3 is 5.73 Å². The molecule has 3 aromatic rings. The third-order valence-electron chi connectivity index (χ3n) is 6.47. The van der Waals surface area contributed by atoms with Crippen LogP contribution in [-0.2, 0) is 15.3 Å². The summed E-state index contributed by atoms with van der Waals surface area (Å²) in [7, 11) is -3.34. The molecule has 1 fully saturated rings. The van der Waals surface area contributed by atoms with Gasteiger partial charge in [-0.3, -0.25) is 4.79 Å². The molecule has 0 radical (unpaired) electrons. The molecule has 0 saturated heterocycles. The minimum Gasteiger partial charge on any atom is -0.330 e. The topological polar surface area (TPSA) is 95.0 Å². The fraction of sp³-hybridized carbons (Fsp3) is 0.333. The summed E-state index contributed by atoms with van der Waals surface area (Å²) in [6.45, 7) is 0.515. The molecule has 6 nitrogen and oxygen atoms in total. The maximum absolute atomic E-state index is 12.6. The summed E-state index contributed by atoms with van der Waals surface area (Å²) in [6.07, 6.45) is 4.37. The van der Waals surface area contributed by atoms with E-state index in [0.717, 1.165) is 31.2 Å². The first kappa shape index (κ1) is 22.7. The Labute approximate surface area is 193 Å². The van der Waals surface area contributed by atoms with E-state index in [9.17, 15) is 13.2 Å². The van der Waals surface area contributed by atoms with Crippen molar-refractivity contribution in [3.05, 3.63) is 81.6 Å². The highest BCUT2D eigenvalue weighted by molar-refractivity contribution is 7.90. The minimum absolute atomic E-state index is 0.0422. The molecule has 0 spiro atoms. The van der Waals surface area contributed by atoms with Gasteiger partial charge in [0.2, 0.25) is 0 Å². The quantitative estimate of drug-likeness (QED) is 0.607. The lowest BCUT2D eigenvalue weighted by molar-refractivity contribution is 0.222. The van der Waals surface area contributed by atoms with Gasteiger partial charge in [0.1, 0.15) is 0 Å². The summed E-state index contributed by atoms with van der Waals surface area (Å²) in [5.41, 5.74) is 8.25. The summed E-state index contributed by atoms with van der Waals surface area (Å²) in [4.78, 5) is 12.9. The van der Waals surface area contributed by atoms with Crippen LogP contribution in [0.15, 0.2) is 70.4 Å². The molecule has 0 amide bonds. The van der Waals surface area contributed by atoms with Gasteiger partial charge in [0.15, 0.2) is 9.84 Å². The zero-order chi connectivity index (χ0) is 22.9. The average Bonchev–Trinajstić information content (AvgIpc) is 2.79. The molecule has 0 unspecified atom stereocenters. The molecule has 2 N–H and O–H groups in total. The van der Waals surface area contributed by atoms with Crippen molar-refractivity contribution in [3.8, 4) is 11.3 Å². The van der Waals surface area contributed by atoms with Crippen molar-refractivity contribution in [2.24, 2.45) is 5.73 Å². The van der Waals surface area contributed by atoms with E-state index in [0.29, 0.717) is 22.8 Å². The molecule has 0 bridgehead atoms. The van der Waals surface area contributed by atoms with Crippen molar-refractivity contribution < 1.29 is 8.42 Å². The molecule has 1 aromatic heterocycles. The van der Waals surface area contributed by atoms with Gasteiger partial charge in [0, 0.05) is 34.9 Å². The highest BCUT2D eigenvalue weighted by Crippen LogP contribution is 2.42. The molecule has 2 aromatic carbocycles. The minimum atomic E-state index is -3.34. The fourth-order valence-electron chi connectivity index (χ4n) is 4.56. The molecule has 0 aliphatic heterocycles. The summed E-state index contributed by atoms with van der Waals surface area (Å²) < 4.78 is 25.4. The smallest absolute Gasteiger partial charge is 0.267 e. The van der Waals surface area contributed by atoms with E-state index in [2.05, 4.69) is 11.2 Å². The Morgan fingerprint density at radius 1 is 1.09 bits per heavy atom. The molecule has 1 saturated carbocycles.